The second kappa shape index (κ2) is 16.8. The number of benzene rings is 1. The molecule has 0 bridgehead atoms. The molecule has 6 atom stereocenters. The van der Waals surface area contributed by atoms with E-state index in [1.807, 2.05) is 30.3 Å². The summed E-state index contributed by atoms with van der Waals surface area (Å²) in [6.45, 7) is 0.500. The van der Waals surface area contributed by atoms with Gasteiger partial charge in [-0.1, -0.05) is 30.3 Å². The number of amides is 3. The van der Waals surface area contributed by atoms with Gasteiger partial charge in [0.2, 0.25) is 11.8 Å². The molecule has 0 radical (unpaired) electrons. The monoisotopic (exact) mass is 585 g/mol. The molecule has 3 amide bonds. The van der Waals surface area contributed by atoms with E-state index >= 15 is 0 Å². The molecule has 1 saturated heterocycles. The Kier molecular flexibility index (Phi) is 13.9. The molecule has 1 aliphatic heterocycles. The molecule has 2 rings (SSSR count). The maximum atomic E-state index is 12.1. The number of carbonyl (C=O) groups is 4. The third kappa shape index (κ3) is 10.9. The molecule has 0 aliphatic carbocycles. The molecule has 1 aromatic rings. The van der Waals surface area contributed by atoms with Crippen molar-refractivity contribution < 1.29 is 58.9 Å². The summed E-state index contributed by atoms with van der Waals surface area (Å²) >= 11 is 0. The number of hydrogen-bond donors (Lipinski definition) is 8. The maximum Gasteiger partial charge on any atom is 0.407 e. The van der Waals surface area contributed by atoms with E-state index in [4.69, 9.17) is 14.2 Å². The number of unbranched alkanes of at least 4 members (excludes halogenated alkanes) is 1. The minimum atomic E-state index is -2.42. The molecule has 230 valence electrons. The Morgan fingerprint density at radius 1 is 1.10 bits per heavy atom. The van der Waals surface area contributed by atoms with Gasteiger partial charge in [-0.05, 0) is 18.4 Å². The van der Waals surface area contributed by atoms with Crippen LogP contribution < -0.4 is 16.0 Å². The fraction of sp³-hybridized carbons (Fsp3) is 0.615. The van der Waals surface area contributed by atoms with E-state index in [-0.39, 0.29) is 45.1 Å². The summed E-state index contributed by atoms with van der Waals surface area (Å²) in [5.41, 5.74) is 0.840. The number of rotatable bonds is 16. The quantitative estimate of drug-likeness (QED) is 0.102. The van der Waals surface area contributed by atoms with Gasteiger partial charge in [0.05, 0.1) is 25.4 Å². The molecule has 1 fully saturated rings. The predicted octanol–water partition coefficient (Wildman–Crippen LogP) is -1.63. The molecule has 0 unspecified atom stereocenters. The zero-order valence-electron chi connectivity index (χ0n) is 22.7. The summed E-state index contributed by atoms with van der Waals surface area (Å²) < 4.78 is 16.1. The average molecular weight is 586 g/mol. The Balaban J connectivity index is 1.75. The van der Waals surface area contributed by atoms with E-state index in [1.54, 1.807) is 0 Å². The zero-order chi connectivity index (χ0) is 30.4. The van der Waals surface area contributed by atoms with Gasteiger partial charge in [-0.2, -0.15) is 0 Å². The van der Waals surface area contributed by atoms with Crippen molar-refractivity contribution in [1.29, 1.82) is 0 Å². The van der Waals surface area contributed by atoms with Gasteiger partial charge < -0.3 is 55.7 Å². The maximum absolute atomic E-state index is 12.1. The van der Waals surface area contributed by atoms with Crippen LogP contribution in [-0.4, -0.2) is 112 Å². The van der Waals surface area contributed by atoms with Gasteiger partial charge in [0.25, 0.3) is 5.79 Å². The highest BCUT2D eigenvalue weighted by Gasteiger charge is 2.55. The Morgan fingerprint density at radius 3 is 2.41 bits per heavy atom. The summed E-state index contributed by atoms with van der Waals surface area (Å²) in [7, 11) is 0. The predicted molar refractivity (Wildman–Crippen MR) is 140 cm³/mol. The minimum Gasteiger partial charge on any atom is -0.477 e. The number of hydrogen-bond acceptors (Lipinski definition) is 11. The van der Waals surface area contributed by atoms with Crippen molar-refractivity contribution in [2.45, 2.75) is 75.5 Å². The number of carboxylic acids is 1. The van der Waals surface area contributed by atoms with Crippen molar-refractivity contribution in [2.24, 2.45) is 0 Å². The van der Waals surface area contributed by atoms with Crippen LogP contribution in [0.2, 0.25) is 0 Å². The van der Waals surface area contributed by atoms with Gasteiger partial charge in [-0.3, -0.25) is 9.59 Å². The molecule has 0 saturated carbocycles. The van der Waals surface area contributed by atoms with Crippen molar-refractivity contribution >= 4 is 23.9 Å². The van der Waals surface area contributed by atoms with Crippen LogP contribution >= 0.6 is 0 Å². The molecule has 15 heteroatoms. The van der Waals surface area contributed by atoms with Crippen molar-refractivity contribution in [3.8, 4) is 0 Å². The highest BCUT2D eigenvalue weighted by molar-refractivity contribution is 5.77. The molecular weight excluding hydrogens is 546 g/mol. The van der Waals surface area contributed by atoms with E-state index < -0.39 is 67.2 Å². The van der Waals surface area contributed by atoms with Crippen molar-refractivity contribution in [3.05, 3.63) is 35.9 Å². The summed E-state index contributed by atoms with van der Waals surface area (Å²) in [5.74, 6) is -4.94. The molecule has 0 aromatic heterocycles. The van der Waals surface area contributed by atoms with Crippen LogP contribution in [0.3, 0.4) is 0 Å². The third-order valence-electron chi connectivity index (χ3n) is 6.25. The van der Waals surface area contributed by atoms with Gasteiger partial charge in [0.1, 0.15) is 24.9 Å². The fourth-order valence-electron chi connectivity index (χ4n) is 4.13. The molecule has 1 heterocycles. The largest absolute Gasteiger partial charge is 0.477 e. The number of carboxylic acid groups (broad SMARTS) is 1. The number of aliphatic carboxylic acids is 1. The van der Waals surface area contributed by atoms with Gasteiger partial charge >= 0.3 is 12.1 Å². The Hall–Kier alpha value is -3.34. The lowest BCUT2D eigenvalue weighted by molar-refractivity contribution is -0.311. The van der Waals surface area contributed by atoms with Gasteiger partial charge in [-0.15, -0.1) is 0 Å². The van der Waals surface area contributed by atoms with Crippen LogP contribution in [0.4, 0.5) is 4.79 Å². The Morgan fingerprint density at radius 2 is 1.78 bits per heavy atom. The number of ether oxygens (including phenoxy) is 3. The van der Waals surface area contributed by atoms with Crippen LogP contribution in [0.15, 0.2) is 30.3 Å². The Bertz CT molecular complexity index is 997. The first-order valence-electron chi connectivity index (χ1n) is 13.2. The lowest BCUT2D eigenvalue weighted by Crippen LogP contribution is -2.67. The van der Waals surface area contributed by atoms with Crippen molar-refractivity contribution in [3.63, 3.8) is 0 Å². The smallest absolute Gasteiger partial charge is 0.407 e. The summed E-state index contributed by atoms with van der Waals surface area (Å²) in [6, 6.07) is 7.86. The SMILES string of the molecule is CC(=O)N[C@H]1[C@H]([C@H](O)[C@H](O)CO)O[C@@](OCCCCC(=O)NCCNC(=O)OCc2ccccc2)(C(=O)O)C[C@@H]1O. The van der Waals surface area contributed by atoms with Gasteiger partial charge in [0, 0.05) is 32.9 Å². The summed E-state index contributed by atoms with van der Waals surface area (Å²) in [5, 5.41) is 57.4. The lowest BCUT2D eigenvalue weighted by atomic mass is 9.88. The second-order valence-corrected chi connectivity index (χ2v) is 9.52. The van der Waals surface area contributed by atoms with Gasteiger partial charge in [-0.25, -0.2) is 9.59 Å². The molecule has 1 aliphatic rings. The molecule has 41 heavy (non-hydrogen) atoms. The summed E-state index contributed by atoms with van der Waals surface area (Å²) in [6.07, 6.45) is -7.38. The normalized spacial score (nSPS) is 23.6. The van der Waals surface area contributed by atoms with Crippen molar-refractivity contribution in [2.75, 3.05) is 26.3 Å². The summed E-state index contributed by atoms with van der Waals surface area (Å²) in [4.78, 5) is 47.4. The van der Waals surface area contributed by atoms with Crippen LogP contribution in [-0.2, 0) is 35.2 Å². The molecule has 1 aromatic carbocycles. The number of nitrogens with one attached hydrogen (secondary N) is 3. The fourth-order valence-corrected chi connectivity index (χ4v) is 4.13. The third-order valence-corrected chi connectivity index (χ3v) is 6.25. The highest BCUT2D eigenvalue weighted by Crippen LogP contribution is 2.33. The van der Waals surface area contributed by atoms with E-state index in [9.17, 15) is 44.7 Å². The number of aliphatic hydroxyl groups is 4. The first-order chi connectivity index (χ1) is 19.5. The topological polar surface area (TPSA) is 233 Å². The minimum absolute atomic E-state index is 0.0833. The molecule has 8 N–H and O–H groups in total. The first-order valence-corrected chi connectivity index (χ1v) is 13.2. The van der Waals surface area contributed by atoms with Crippen LogP contribution in [0.25, 0.3) is 0 Å². The molecule has 0 spiro atoms. The van der Waals surface area contributed by atoms with E-state index in [2.05, 4.69) is 16.0 Å². The Labute approximate surface area is 236 Å². The van der Waals surface area contributed by atoms with E-state index in [0.717, 1.165) is 12.5 Å². The van der Waals surface area contributed by atoms with Crippen molar-refractivity contribution in [1.82, 2.24) is 16.0 Å². The van der Waals surface area contributed by atoms with Crippen LogP contribution in [0.5, 0.6) is 0 Å². The zero-order valence-corrected chi connectivity index (χ0v) is 22.7. The lowest BCUT2D eigenvalue weighted by Gasteiger charge is -2.46. The number of carbonyl (C=O) groups excluding carboxylic acids is 3. The van der Waals surface area contributed by atoms with E-state index in [0.29, 0.717) is 6.42 Å². The molecule has 15 nitrogen and oxygen atoms in total. The second-order valence-electron chi connectivity index (χ2n) is 9.52. The first kappa shape index (κ1) is 33.9. The van der Waals surface area contributed by atoms with Crippen LogP contribution in [0.1, 0.15) is 38.2 Å². The highest BCUT2D eigenvalue weighted by atomic mass is 16.7. The van der Waals surface area contributed by atoms with Gasteiger partial charge in [0.15, 0.2) is 0 Å². The standard InChI is InChI=1S/C26H39N3O12/c1-16(31)29-21-18(32)13-26(24(36)37,41-23(21)22(35)19(33)14-30)40-12-6-5-9-20(34)27-10-11-28-25(38)39-15-17-7-3-2-4-8-17/h2-4,7-8,18-19,21-23,30,32-33,35H,5-6,9-15H2,1H3,(H,27,34)(H,28,38)(H,29,31)(H,36,37)/t18-,19+,21+,22+,23+,26+/m0/s1. The van der Waals surface area contributed by atoms with E-state index in [1.165, 1.54) is 0 Å². The number of alkyl carbamates (subject to hydrolysis) is 1. The average Bonchev–Trinajstić information content (AvgIpc) is 2.94. The van der Waals surface area contributed by atoms with Crippen LogP contribution in [0, 0.1) is 0 Å². The molecular formula is C26H39N3O12. The number of aliphatic hydroxyl groups excluding tert-OH is 4.